The second-order valence-corrected chi connectivity index (χ2v) is 3.91. The molecule has 92 valence electrons. The summed E-state index contributed by atoms with van der Waals surface area (Å²) in [4.78, 5) is 10.9. The third-order valence-corrected chi connectivity index (χ3v) is 2.51. The highest BCUT2D eigenvalue weighted by Gasteiger charge is 2.09. The highest BCUT2D eigenvalue weighted by molar-refractivity contribution is 7.96. The summed E-state index contributed by atoms with van der Waals surface area (Å²) in [6.07, 6.45) is 3.15. The number of benzene rings is 1. The Bertz CT molecular complexity index is 537. The second-order valence-electron chi connectivity index (χ2n) is 3.51. The van der Waals surface area contributed by atoms with Crippen LogP contribution < -0.4 is 5.32 Å². The summed E-state index contributed by atoms with van der Waals surface area (Å²) >= 11 is 3.68. The van der Waals surface area contributed by atoms with Gasteiger partial charge in [0.1, 0.15) is 6.33 Å². The zero-order valence-corrected chi connectivity index (χ0v) is 10.3. The molecule has 1 aromatic heterocycles. The maximum absolute atomic E-state index is 10.9. The lowest BCUT2D eigenvalue weighted by Gasteiger charge is -2.13. The van der Waals surface area contributed by atoms with Crippen LogP contribution in [-0.2, 0) is 0 Å². The van der Waals surface area contributed by atoms with Crippen molar-refractivity contribution < 1.29 is 4.79 Å². The van der Waals surface area contributed by atoms with Crippen LogP contribution in [0.25, 0.3) is 5.69 Å². The molecule has 0 saturated carbocycles. The molecule has 18 heavy (non-hydrogen) atoms. The first-order valence-electron chi connectivity index (χ1n) is 5.16. The zero-order chi connectivity index (χ0) is 13.0. The summed E-state index contributed by atoms with van der Waals surface area (Å²) in [5.41, 5.74) is 1.74. The van der Waals surface area contributed by atoms with E-state index in [2.05, 4.69) is 40.0 Å². The van der Waals surface area contributed by atoms with Crippen LogP contribution in [0, 0.1) is 0 Å². The zero-order valence-electron chi connectivity index (χ0n) is 9.39. The van der Waals surface area contributed by atoms with Gasteiger partial charge < -0.3 is 5.32 Å². The van der Waals surface area contributed by atoms with E-state index in [1.165, 1.54) is 6.33 Å². The van der Waals surface area contributed by atoms with Crippen LogP contribution in [-0.4, -0.2) is 25.4 Å². The third kappa shape index (κ3) is 2.75. The van der Waals surface area contributed by atoms with Crippen LogP contribution in [0.5, 0.6) is 0 Å². The van der Waals surface area contributed by atoms with Gasteiger partial charge in [-0.1, -0.05) is 30.8 Å². The summed E-state index contributed by atoms with van der Waals surface area (Å²) in [5, 5.41) is 13.2. The van der Waals surface area contributed by atoms with E-state index in [0.29, 0.717) is 0 Å². The predicted octanol–water partition coefficient (Wildman–Crippen LogP) is 1.53. The number of aromatic nitrogens is 4. The van der Waals surface area contributed by atoms with Crippen LogP contribution in [0.15, 0.2) is 43.2 Å². The average Bonchev–Trinajstić information content (AvgIpc) is 2.90. The molecule has 1 amide bonds. The van der Waals surface area contributed by atoms with Crippen molar-refractivity contribution in [1.29, 1.82) is 0 Å². The minimum Gasteiger partial charge on any atom is -0.337 e. The van der Waals surface area contributed by atoms with Gasteiger partial charge in [-0.05, 0) is 28.1 Å². The number of tetrazole rings is 1. The molecule has 0 bridgehead atoms. The van der Waals surface area contributed by atoms with Crippen molar-refractivity contribution in [3.05, 3.63) is 48.8 Å². The number of hydrogen-bond donors (Lipinski definition) is 2. The molecule has 0 fully saturated rings. The lowest BCUT2D eigenvalue weighted by Crippen LogP contribution is -2.21. The van der Waals surface area contributed by atoms with Crippen LogP contribution in [0.4, 0.5) is 4.79 Å². The van der Waals surface area contributed by atoms with E-state index in [1.807, 2.05) is 24.3 Å². The fraction of sp³-hybridized carbons (Fsp3) is 0.0909. The largest absolute Gasteiger partial charge is 0.337 e. The van der Waals surface area contributed by atoms with Gasteiger partial charge in [-0.3, -0.25) is 4.79 Å². The number of nitrogens with zero attached hydrogens (tertiary/aromatic N) is 4. The van der Waals surface area contributed by atoms with Gasteiger partial charge in [0.15, 0.2) is 0 Å². The van der Waals surface area contributed by atoms with Crippen LogP contribution in [0.2, 0.25) is 0 Å². The first-order chi connectivity index (χ1) is 8.70. The highest BCUT2D eigenvalue weighted by Crippen LogP contribution is 2.16. The average molecular weight is 261 g/mol. The molecule has 1 heterocycles. The van der Waals surface area contributed by atoms with Crippen molar-refractivity contribution in [2.24, 2.45) is 0 Å². The van der Waals surface area contributed by atoms with Crippen LogP contribution in [0.1, 0.15) is 11.6 Å². The van der Waals surface area contributed by atoms with Gasteiger partial charge in [0.05, 0.1) is 11.7 Å². The molecule has 7 heteroatoms. The summed E-state index contributed by atoms with van der Waals surface area (Å²) < 4.78 is 1.55. The third-order valence-electron chi connectivity index (χ3n) is 2.38. The Morgan fingerprint density at radius 2 is 2.17 bits per heavy atom. The Hall–Kier alpha value is -2.15. The molecule has 1 aromatic carbocycles. The van der Waals surface area contributed by atoms with Crippen LogP contribution in [0.3, 0.4) is 0 Å². The smallest absolute Gasteiger partial charge is 0.276 e. The number of nitrogens with one attached hydrogen (secondary N) is 1. The Kier molecular flexibility index (Phi) is 3.73. The van der Waals surface area contributed by atoms with E-state index >= 15 is 0 Å². The Balaban J connectivity index is 2.21. The quantitative estimate of drug-likeness (QED) is 0.646. The highest BCUT2D eigenvalue weighted by atomic mass is 32.1. The summed E-state index contributed by atoms with van der Waals surface area (Å²) in [6.45, 7) is 3.68. The molecule has 0 aliphatic heterocycles. The first kappa shape index (κ1) is 12.3. The summed E-state index contributed by atoms with van der Waals surface area (Å²) in [6, 6.07) is 7.18. The fourth-order valence-electron chi connectivity index (χ4n) is 1.53. The molecule has 6 nitrogen and oxygen atoms in total. The number of carbonyl (C=O) groups is 1. The van der Waals surface area contributed by atoms with Gasteiger partial charge in [0, 0.05) is 0 Å². The van der Waals surface area contributed by atoms with E-state index in [0.717, 1.165) is 11.3 Å². The lowest BCUT2D eigenvalue weighted by molar-refractivity contribution is 0.259. The Labute approximate surface area is 109 Å². The molecule has 0 radical (unpaired) electrons. The van der Waals surface area contributed by atoms with Crippen LogP contribution >= 0.6 is 12.6 Å². The van der Waals surface area contributed by atoms with Crippen molar-refractivity contribution in [3.8, 4) is 5.69 Å². The number of thiol groups is 1. The molecule has 1 atom stereocenters. The van der Waals surface area contributed by atoms with Crippen molar-refractivity contribution in [1.82, 2.24) is 25.5 Å². The maximum atomic E-state index is 10.9. The van der Waals surface area contributed by atoms with E-state index in [4.69, 9.17) is 0 Å². The minimum absolute atomic E-state index is 0.266. The SMILES string of the molecule is C=CC(NC(=O)S)c1ccc(-n2cnnn2)cc1. The molecule has 0 aliphatic rings. The van der Waals surface area contributed by atoms with Crippen molar-refractivity contribution in [3.63, 3.8) is 0 Å². The molecule has 1 unspecified atom stereocenters. The molecule has 0 aliphatic carbocycles. The van der Waals surface area contributed by atoms with E-state index < -0.39 is 5.24 Å². The molecule has 1 N–H and O–H groups in total. The van der Waals surface area contributed by atoms with Gasteiger partial charge in [-0.15, -0.1) is 11.7 Å². The molecular weight excluding hydrogens is 250 g/mol. The molecule has 2 aromatic rings. The lowest BCUT2D eigenvalue weighted by atomic mass is 10.1. The van der Waals surface area contributed by atoms with Crippen molar-refractivity contribution >= 4 is 17.9 Å². The molecule has 2 rings (SSSR count). The van der Waals surface area contributed by atoms with Gasteiger partial charge in [-0.2, -0.15) is 0 Å². The normalized spacial score (nSPS) is 11.8. The van der Waals surface area contributed by atoms with Gasteiger partial charge >= 0.3 is 0 Å². The van der Waals surface area contributed by atoms with Gasteiger partial charge in [0.25, 0.3) is 5.24 Å². The number of rotatable bonds is 4. The molecular formula is C11H11N5OS. The summed E-state index contributed by atoms with van der Waals surface area (Å²) in [7, 11) is 0. The van der Waals surface area contributed by atoms with Gasteiger partial charge in [0.2, 0.25) is 0 Å². The summed E-state index contributed by atoms with van der Waals surface area (Å²) in [5.74, 6) is 0. The van der Waals surface area contributed by atoms with Crippen molar-refractivity contribution in [2.45, 2.75) is 6.04 Å². The van der Waals surface area contributed by atoms with Gasteiger partial charge in [-0.25, -0.2) is 4.68 Å². The predicted molar refractivity (Wildman–Crippen MR) is 69.6 cm³/mol. The number of hydrogen-bond acceptors (Lipinski definition) is 4. The van der Waals surface area contributed by atoms with Crippen molar-refractivity contribution in [2.75, 3.05) is 0 Å². The number of carbonyl (C=O) groups excluding carboxylic acids is 1. The maximum Gasteiger partial charge on any atom is 0.276 e. The second kappa shape index (κ2) is 5.46. The minimum atomic E-state index is -0.399. The monoisotopic (exact) mass is 261 g/mol. The number of amides is 1. The molecule has 0 spiro atoms. The fourth-order valence-corrected chi connectivity index (χ4v) is 1.66. The van der Waals surface area contributed by atoms with E-state index in [1.54, 1.807) is 10.8 Å². The van der Waals surface area contributed by atoms with E-state index in [-0.39, 0.29) is 6.04 Å². The molecule has 0 saturated heterocycles. The topological polar surface area (TPSA) is 72.7 Å². The Morgan fingerprint density at radius 3 is 2.67 bits per heavy atom. The first-order valence-corrected chi connectivity index (χ1v) is 5.61. The standard InChI is InChI=1S/C11H11N5OS/c1-2-10(13-11(17)18)8-3-5-9(6-4-8)16-7-12-14-15-16/h2-7,10H,1H2,(H2,13,17,18). The Morgan fingerprint density at radius 1 is 1.44 bits per heavy atom. The van der Waals surface area contributed by atoms with E-state index in [9.17, 15) is 4.79 Å².